The average Bonchev–Trinajstić information content (AvgIpc) is 2.69. The van der Waals surface area contributed by atoms with Crippen LogP contribution in [0, 0.1) is 0 Å². The Morgan fingerprint density at radius 3 is 2.07 bits per heavy atom. The molecule has 0 saturated carbocycles. The Bertz CT molecular complexity index is 861. The van der Waals surface area contributed by atoms with Gasteiger partial charge >= 0.3 is 0 Å². The van der Waals surface area contributed by atoms with Crippen molar-refractivity contribution >= 4 is 22.9 Å². The highest BCUT2D eigenvalue weighted by Gasteiger charge is 2.33. The van der Waals surface area contributed by atoms with Gasteiger partial charge in [-0.05, 0) is 45.1 Å². The maximum absolute atomic E-state index is 13.1. The highest BCUT2D eigenvalue weighted by molar-refractivity contribution is 6.31. The molecule has 0 spiro atoms. The molecule has 3 rings (SSSR count). The van der Waals surface area contributed by atoms with Crippen LogP contribution in [0.2, 0.25) is 0 Å². The van der Waals surface area contributed by atoms with E-state index in [9.17, 15) is 9.59 Å². The van der Waals surface area contributed by atoms with Crippen LogP contribution in [0.5, 0.6) is 0 Å². The zero-order valence-electron chi connectivity index (χ0n) is 16.3. The van der Waals surface area contributed by atoms with Crippen LogP contribution in [-0.2, 0) is 0 Å². The number of ketones is 2. The molecule has 0 fully saturated rings. The zero-order chi connectivity index (χ0) is 19.4. The summed E-state index contributed by atoms with van der Waals surface area (Å²) in [5.41, 5.74) is 3.32. The number of carbonyl (C=O) groups excluding carboxylic acids is 2. The van der Waals surface area contributed by atoms with Crippen molar-refractivity contribution in [3.63, 3.8) is 0 Å². The third-order valence-electron chi connectivity index (χ3n) is 4.98. The van der Waals surface area contributed by atoms with Crippen LogP contribution >= 0.6 is 0 Å². The molecule has 0 heterocycles. The summed E-state index contributed by atoms with van der Waals surface area (Å²) in [6.07, 6.45) is 2.11. The molecule has 0 saturated heterocycles. The Balaban J connectivity index is 1.88. The summed E-state index contributed by atoms with van der Waals surface area (Å²) >= 11 is 0. The summed E-state index contributed by atoms with van der Waals surface area (Å²) in [5.74, 6) is -0.196. The van der Waals surface area contributed by atoms with Gasteiger partial charge in [0, 0.05) is 36.1 Å². The van der Waals surface area contributed by atoms with Gasteiger partial charge in [0.25, 0.3) is 0 Å². The van der Waals surface area contributed by atoms with Crippen LogP contribution in [0.1, 0.15) is 51.6 Å². The van der Waals surface area contributed by atoms with E-state index in [0.717, 1.165) is 38.2 Å². The number of fused-ring (bicyclic) bond motifs is 2. The lowest BCUT2D eigenvalue weighted by molar-refractivity contribution is 0.0980. The molecule has 0 amide bonds. The van der Waals surface area contributed by atoms with E-state index in [2.05, 4.69) is 29.5 Å². The van der Waals surface area contributed by atoms with Crippen molar-refractivity contribution in [2.75, 3.05) is 44.4 Å². The molecular weight excluding hydrogens is 338 g/mol. The summed E-state index contributed by atoms with van der Waals surface area (Å²) in [5, 5.41) is 6.43. The van der Waals surface area contributed by atoms with E-state index in [4.69, 9.17) is 0 Å². The Morgan fingerprint density at radius 2 is 1.48 bits per heavy atom. The molecule has 0 radical (unpaired) electrons. The van der Waals surface area contributed by atoms with Gasteiger partial charge in [0.1, 0.15) is 0 Å². The second-order valence-corrected chi connectivity index (χ2v) is 6.95. The second-order valence-electron chi connectivity index (χ2n) is 6.95. The lowest BCUT2D eigenvalue weighted by atomic mass is 9.82. The quantitative estimate of drug-likeness (QED) is 0.597. The number of hydrogen-bond acceptors (Lipinski definition) is 5. The van der Waals surface area contributed by atoms with Crippen LogP contribution < -0.4 is 10.6 Å². The van der Waals surface area contributed by atoms with Crippen LogP contribution in [0.15, 0.2) is 36.4 Å². The fourth-order valence-corrected chi connectivity index (χ4v) is 3.64. The monoisotopic (exact) mass is 365 g/mol. The van der Waals surface area contributed by atoms with Crippen molar-refractivity contribution in [1.29, 1.82) is 0 Å². The smallest absolute Gasteiger partial charge is 0.196 e. The molecule has 2 aromatic rings. The Morgan fingerprint density at radius 1 is 0.889 bits per heavy atom. The van der Waals surface area contributed by atoms with Gasteiger partial charge in [0.2, 0.25) is 0 Å². The van der Waals surface area contributed by atoms with Gasteiger partial charge in [-0.2, -0.15) is 0 Å². The number of nitrogens with zero attached hydrogens (tertiary/aromatic N) is 1. The normalized spacial score (nSPS) is 12.7. The number of anilines is 2. The zero-order valence-corrected chi connectivity index (χ0v) is 16.3. The number of rotatable bonds is 8. The SMILES string of the molecule is CCCN(C)CCCNc1ccc(NC)c2c1C(=O)c1ccccc1C2=O. The first kappa shape index (κ1) is 19.1. The van der Waals surface area contributed by atoms with E-state index < -0.39 is 0 Å². The van der Waals surface area contributed by atoms with Crippen LogP contribution in [0.25, 0.3) is 0 Å². The molecule has 0 atom stereocenters. The minimum Gasteiger partial charge on any atom is -0.388 e. The van der Waals surface area contributed by atoms with Gasteiger partial charge in [-0.25, -0.2) is 0 Å². The minimum absolute atomic E-state index is 0.0945. The van der Waals surface area contributed by atoms with Crippen molar-refractivity contribution < 1.29 is 9.59 Å². The Kier molecular flexibility index (Phi) is 5.91. The summed E-state index contributed by atoms with van der Waals surface area (Å²) in [7, 11) is 3.89. The number of carbonyl (C=O) groups is 2. The molecule has 0 aliphatic heterocycles. The largest absolute Gasteiger partial charge is 0.388 e. The predicted octanol–water partition coefficient (Wildman–Crippen LogP) is 3.65. The summed E-state index contributed by atoms with van der Waals surface area (Å²) in [6.45, 7) is 5.00. The van der Waals surface area contributed by atoms with Crippen LogP contribution in [0.4, 0.5) is 11.4 Å². The Hall–Kier alpha value is -2.66. The molecule has 0 unspecified atom stereocenters. The van der Waals surface area contributed by atoms with Crippen LogP contribution in [0.3, 0.4) is 0 Å². The fraction of sp³-hybridized carbons (Fsp3) is 0.364. The maximum atomic E-state index is 13.1. The van der Waals surface area contributed by atoms with Crippen LogP contribution in [-0.4, -0.2) is 50.2 Å². The standard InChI is InChI=1S/C22H27N3O2/c1-4-13-25(3)14-7-12-24-18-11-10-17(23-2)19-20(18)22(27)16-9-6-5-8-15(16)21(19)26/h5-6,8-11,23-24H,4,7,12-14H2,1-3H3. The molecule has 27 heavy (non-hydrogen) atoms. The maximum Gasteiger partial charge on any atom is 0.196 e. The lowest BCUT2D eigenvalue weighted by Crippen LogP contribution is -2.25. The molecule has 0 bridgehead atoms. The number of benzene rings is 2. The first-order valence-electron chi connectivity index (χ1n) is 9.54. The molecule has 0 aromatic heterocycles. The lowest BCUT2D eigenvalue weighted by Gasteiger charge is -2.23. The third-order valence-corrected chi connectivity index (χ3v) is 4.98. The highest BCUT2D eigenvalue weighted by Crippen LogP contribution is 2.36. The van der Waals surface area contributed by atoms with Gasteiger partial charge < -0.3 is 15.5 Å². The Labute approximate surface area is 160 Å². The van der Waals surface area contributed by atoms with E-state index in [0.29, 0.717) is 27.9 Å². The van der Waals surface area contributed by atoms with Gasteiger partial charge in [0.15, 0.2) is 11.6 Å². The van der Waals surface area contributed by atoms with E-state index in [1.54, 1.807) is 31.3 Å². The molecule has 2 N–H and O–H groups in total. The number of nitrogens with one attached hydrogen (secondary N) is 2. The average molecular weight is 365 g/mol. The molecule has 1 aliphatic carbocycles. The van der Waals surface area contributed by atoms with Crippen molar-refractivity contribution in [2.45, 2.75) is 19.8 Å². The molecule has 2 aromatic carbocycles. The highest BCUT2D eigenvalue weighted by atomic mass is 16.1. The van der Waals surface area contributed by atoms with Gasteiger partial charge in [-0.3, -0.25) is 9.59 Å². The molecule has 142 valence electrons. The molecule has 5 nitrogen and oxygen atoms in total. The van der Waals surface area contributed by atoms with E-state index in [-0.39, 0.29) is 11.6 Å². The van der Waals surface area contributed by atoms with Gasteiger partial charge in [0.05, 0.1) is 11.1 Å². The van der Waals surface area contributed by atoms with Crippen molar-refractivity contribution in [2.24, 2.45) is 0 Å². The molecular formula is C22H27N3O2. The van der Waals surface area contributed by atoms with E-state index >= 15 is 0 Å². The minimum atomic E-state index is -0.101. The summed E-state index contributed by atoms with van der Waals surface area (Å²) < 4.78 is 0. The van der Waals surface area contributed by atoms with E-state index in [1.807, 2.05) is 12.1 Å². The van der Waals surface area contributed by atoms with Crippen molar-refractivity contribution in [3.05, 3.63) is 58.7 Å². The third kappa shape index (κ3) is 3.74. The second kappa shape index (κ2) is 8.35. The van der Waals surface area contributed by atoms with Crippen molar-refractivity contribution in [3.8, 4) is 0 Å². The topological polar surface area (TPSA) is 61.4 Å². The molecule has 5 heteroatoms. The number of hydrogen-bond donors (Lipinski definition) is 2. The first-order valence-corrected chi connectivity index (χ1v) is 9.54. The van der Waals surface area contributed by atoms with Gasteiger partial charge in [-0.1, -0.05) is 31.2 Å². The van der Waals surface area contributed by atoms with E-state index in [1.165, 1.54) is 0 Å². The predicted molar refractivity (Wildman–Crippen MR) is 110 cm³/mol. The fourth-order valence-electron chi connectivity index (χ4n) is 3.64. The summed E-state index contributed by atoms with van der Waals surface area (Å²) in [4.78, 5) is 28.5. The van der Waals surface area contributed by atoms with Crippen molar-refractivity contribution in [1.82, 2.24) is 4.90 Å². The van der Waals surface area contributed by atoms with Gasteiger partial charge in [-0.15, -0.1) is 0 Å². The molecule has 1 aliphatic rings. The summed E-state index contributed by atoms with van der Waals surface area (Å²) in [6, 6.07) is 10.8. The first-order chi connectivity index (χ1) is 13.1.